The maximum Gasteiger partial charge on any atom is 0.0584 e. The first-order chi connectivity index (χ1) is 10.2. The van der Waals surface area contributed by atoms with E-state index in [1.807, 2.05) is 11.8 Å². The summed E-state index contributed by atoms with van der Waals surface area (Å²) in [6.07, 6.45) is 2.15. The van der Waals surface area contributed by atoms with E-state index in [4.69, 9.17) is 0 Å². The van der Waals surface area contributed by atoms with E-state index in [2.05, 4.69) is 78.0 Å². The van der Waals surface area contributed by atoms with Gasteiger partial charge in [-0.15, -0.1) is 11.8 Å². The van der Waals surface area contributed by atoms with Gasteiger partial charge in [-0.25, -0.2) is 0 Å². The van der Waals surface area contributed by atoms with Crippen LogP contribution in [0.5, 0.6) is 0 Å². The summed E-state index contributed by atoms with van der Waals surface area (Å²) in [6.45, 7) is 5.36. The van der Waals surface area contributed by atoms with Crippen LogP contribution < -0.4 is 10.2 Å². The molecule has 1 aliphatic rings. The second kappa shape index (κ2) is 6.12. The van der Waals surface area contributed by atoms with Gasteiger partial charge in [-0.3, -0.25) is 0 Å². The monoisotopic (exact) mass is 298 g/mol. The van der Waals surface area contributed by atoms with Gasteiger partial charge in [0.05, 0.1) is 11.2 Å². The number of thioether (sulfide) groups is 1. The van der Waals surface area contributed by atoms with Gasteiger partial charge in [-0.2, -0.15) is 0 Å². The summed E-state index contributed by atoms with van der Waals surface area (Å²) in [7, 11) is 0. The molecule has 1 N–H and O–H groups in total. The molecule has 3 heteroatoms. The number of hydrogen-bond donors (Lipinski definition) is 1. The Morgan fingerprint density at radius 1 is 1.05 bits per heavy atom. The molecule has 0 aromatic heterocycles. The van der Waals surface area contributed by atoms with E-state index in [-0.39, 0.29) is 5.54 Å². The normalized spacial score (nSPS) is 22.3. The second-order valence-corrected chi connectivity index (χ2v) is 6.57. The van der Waals surface area contributed by atoms with Gasteiger partial charge in [-0.1, -0.05) is 42.5 Å². The number of rotatable bonds is 3. The van der Waals surface area contributed by atoms with Crippen molar-refractivity contribution in [2.45, 2.75) is 17.4 Å². The maximum atomic E-state index is 3.70. The van der Waals surface area contributed by atoms with Crippen molar-refractivity contribution in [1.29, 1.82) is 0 Å². The third kappa shape index (κ3) is 2.94. The third-order valence-corrected chi connectivity index (χ3v) is 5.03. The molecular weight excluding hydrogens is 276 g/mol. The lowest BCUT2D eigenvalue weighted by Crippen LogP contribution is -2.56. The zero-order valence-electron chi connectivity index (χ0n) is 12.7. The molecule has 2 aromatic carbocycles. The van der Waals surface area contributed by atoms with Crippen LogP contribution in [-0.2, 0) is 5.54 Å². The Balaban J connectivity index is 1.89. The standard InChI is InChI=1S/C18H22N2S/c1-18(15-8-4-3-5-9-15)14-20(13-12-19-18)16-10-6-7-11-17(16)21-2/h3-11,19H,12-14H2,1-2H3. The summed E-state index contributed by atoms with van der Waals surface area (Å²) in [5.41, 5.74) is 2.72. The first kappa shape index (κ1) is 14.5. The highest BCUT2D eigenvalue weighted by atomic mass is 32.2. The zero-order chi connectivity index (χ0) is 14.7. The van der Waals surface area contributed by atoms with E-state index in [1.165, 1.54) is 16.1 Å². The number of benzene rings is 2. The minimum Gasteiger partial charge on any atom is -0.367 e. The highest BCUT2D eigenvalue weighted by Gasteiger charge is 2.32. The minimum atomic E-state index is 0.00499. The van der Waals surface area contributed by atoms with Crippen LogP contribution in [0, 0.1) is 0 Å². The average molecular weight is 298 g/mol. The molecular formula is C18H22N2S. The summed E-state index contributed by atoms with van der Waals surface area (Å²) in [5, 5.41) is 3.70. The second-order valence-electron chi connectivity index (χ2n) is 5.72. The minimum absolute atomic E-state index is 0.00499. The Hall–Kier alpha value is -1.45. The molecule has 21 heavy (non-hydrogen) atoms. The molecule has 1 fully saturated rings. The van der Waals surface area contributed by atoms with Crippen molar-refractivity contribution in [3.8, 4) is 0 Å². The topological polar surface area (TPSA) is 15.3 Å². The van der Waals surface area contributed by atoms with E-state index >= 15 is 0 Å². The summed E-state index contributed by atoms with van der Waals surface area (Å²) >= 11 is 1.82. The van der Waals surface area contributed by atoms with Crippen molar-refractivity contribution in [3.05, 3.63) is 60.2 Å². The molecule has 0 amide bonds. The van der Waals surface area contributed by atoms with Crippen molar-refractivity contribution in [2.24, 2.45) is 0 Å². The molecule has 110 valence electrons. The predicted molar refractivity (Wildman–Crippen MR) is 92.2 cm³/mol. The van der Waals surface area contributed by atoms with Crippen molar-refractivity contribution < 1.29 is 0 Å². The zero-order valence-corrected chi connectivity index (χ0v) is 13.5. The van der Waals surface area contributed by atoms with Crippen molar-refractivity contribution >= 4 is 17.4 Å². The fourth-order valence-corrected chi connectivity index (χ4v) is 3.70. The van der Waals surface area contributed by atoms with E-state index in [1.54, 1.807) is 0 Å². The highest BCUT2D eigenvalue weighted by Crippen LogP contribution is 2.32. The molecule has 1 unspecified atom stereocenters. The van der Waals surface area contributed by atoms with Gasteiger partial charge in [0.25, 0.3) is 0 Å². The van der Waals surface area contributed by atoms with Gasteiger partial charge in [0.2, 0.25) is 0 Å². The molecule has 0 bridgehead atoms. The number of anilines is 1. The predicted octanol–water partition coefficient (Wildman–Crippen LogP) is 3.73. The molecule has 1 saturated heterocycles. The summed E-state index contributed by atoms with van der Waals surface area (Å²) in [5.74, 6) is 0. The van der Waals surface area contributed by atoms with Crippen LogP contribution in [0.15, 0.2) is 59.5 Å². The molecule has 1 atom stereocenters. The summed E-state index contributed by atoms with van der Waals surface area (Å²) in [6, 6.07) is 19.5. The molecule has 1 aliphatic heterocycles. The quantitative estimate of drug-likeness (QED) is 0.869. The number of para-hydroxylation sites is 1. The van der Waals surface area contributed by atoms with Gasteiger partial charge in [0.1, 0.15) is 0 Å². The first-order valence-electron chi connectivity index (χ1n) is 7.41. The van der Waals surface area contributed by atoms with Gasteiger partial charge in [0, 0.05) is 24.5 Å². The van der Waals surface area contributed by atoms with Gasteiger partial charge >= 0.3 is 0 Å². The largest absolute Gasteiger partial charge is 0.367 e. The Morgan fingerprint density at radius 3 is 2.52 bits per heavy atom. The molecule has 0 spiro atoms. The van der Waals surface area contributed by atoms with Crippen LogP contribution >= 0.6 is 11.8 Å². The SMILES string of the molecule is CSc1ccccc1N1CCNC(C)(c2ccccc2)C1. The lowest BCUT2D eigenvalue weighted by molar-refractivity contribution is 0.331. The first-order valence-corrected chi connectivity index (χ1v) is 8.64. The van der Waals surface area contributed by atoms with Gasteiger partial charge in [0.15, 0.2) is 0 Å². The van der Waals surface area contributed by atoms with Crippen LogP contribution in [0.4, 0.5) is 5.69 Å². The van der Waals surface area contributed by atoms with Crippen molar-refractivity contribution in [2.75, 3.05) is 30.8 Å². The van der Waals surface area contributed by atoms with Crippen molar-refractivity contribution in [1.82, 2.24) is 5.32 Å². The Morgan fingerprint density at radius 2 is 1.76 bits per heavy atom. The van der Waals surface area contributed by atoms with Crippen LogP contribution in [0.2, 0.25) is 0 Å². The van der Waals surface area contributed by atoms with Gasteiger partial charge < -0.3 is 10.2 Å². The highest BCUT2D eigenvalue weighted by molar-refractivity contribution is 7.98. The Bertz CT molecular complexity index is 599. The summed E-state index contributed by atoms with van der Waals surface area (Å²) in [4.78, 5) is 3.87. The van der Waals surface area contributed by atoms with Gasteiger partial charge in [-0.05, 0) is 30.9 Å². The lowest BCUT2D eigenvalue weighted by atomic mass is 9.89. The van der Waals surface area contributed by atoms with E-state index < -0.39 is 0 Å². The van der Waals surface area contributed by atoms with E-state index in [0.29, 0.717) is 0 Å². The maximum absolute atomic E-state index is 3.70. The van der Waals surface area contributed by atoms with E-state index in [0.717, 1.165) is 19.6 Å². The summed E-state index contributed by atoms with van der Waals surface area (Å²) < 4.78 is 0. The molecule has 0 aliphatic carbocycles. The fourth-order valence-electron chi connectivity index (χ4n) is 3.08. The number of hydrogen-bond acceptors (Lipinski definition) is 3. The van der Waals surface area contributed by atoms with E-state index in [9.17, 15) is 0 Å². The molecule has 0 saturated carbocycles. The van der Waals surface area contributed by atoms with Crippen LogP contribution in [0.1, 0.15) is 12.5 Å². The third-order valence-electron chi connectivity index (χ3n) is 4.24. The van der Waals surface area contributed by atoms with Crippen LogP contribution in [0.25, 0.3) is 0 Å². The molecule has 0 radical (unpaired) electrons. The Labute approximate surface area is 131 Å². The number of piperazine rings is 1. The average Bonchev–Trinajstić information content (AvgIpc) is 2.56. The lowest BCUT2D eigenvalue weighted by Gasteiger charge is -2.43. The molecule has 1 heterocycles. The number of nitrogens with one attached hydrogen (secondary N) is 1. The molecule has 3 rings (SSSR count). The Kier molecular flexibility index (Phi) is 4.22. The van der Waals surface area contributed by atoms with Crippen LogP contribution in [-0.4, -0.2) is 25.9 Å². The van der Waals surface area contributed by atoms with Crippen molar-refractivity contribution in [3.63, 3.8) is 0 Å². The van der Waals surface area contributed by atoms with Crippen LogP contribution in [0.3, 0.4) is 0 Å². The number of nitrogens with zero attached hydrogens (tertiary/aromatic N) is 1. The molecule has 2 aromatic rings. The molecule has 2 nitrogen and oxygen atoms in total. The smallest absolute Gasteiger partial charge is 0.0584 e. The fraction of sp³-hybridized carbons (Fsp3) is 0.333.